The Labute approximate surface area is 136 Å². The molecule has 0 radical (unpaired) electrons. The van der Waals surface area contributed by atoms with Gasteiger partial charge in [0.25, 0.3) is 0 Å². The minimum absolute atomic E-state index is 0.273. The molecular formula is C17H25NO5. The highest BCUT2D eigenvalue weighted by atomic mass is 16.7. The van der Waals surface area contributed by atoms with Crippen LogP contribution < -0.4 is 9.47 Å². The number of benzene rings is 1. The van der Waals surface area contributed by atoms with E-state index in [4.69, 9.17) is 18.9 Å². The predicted octanol–water partition coefficient (Wildman–Crippen LogP) is 1.40. The Bertz CT molecular complexity index is 504. The number of aliphatic hydroxyl groups is 1. The van der Waals surface area contributed by atoms with Gasteiger partial charge in [0.2, 0.25) is 6.79 Å². The zero-order valence-electron chi connectivity index (χ0n) is 13.6. The van der Waals surface area contributed by atoms with Crippen molar-refractivity contribution in [2.75, 3.05) is 40.1 Å². The molecule has 6 heteroatoms. The third kappa shape index (κ3) is 4.81. The lowest BCUT2D eigenvalue weighted by Crippen LogP contribution is -2.36. The molecule has 0 unspecified atom stereocenters. The van der Waals surface area contributed by atoms with Crippen LogP contribution in [-0.2, 0) is 16.1 Å². The number of rotatable bonds is 8. The molecular weight excluding hydrogens is 298 g/mol. The van der Waals surface area contributed by atoms with Crippen molar-refractivity contribution in [3.8, 4) is 11.5 Å². The molecule has 2 heterocycles. The molecule has 2 aliphatic heterocycles. The smallest absolute Gasteiger partial charge is 0.231 e. The van der Waals surface area contributed by atoms with E-state index in [-0.39, 0.29) is 6.79 Å². The summed E-state index contributed by atoms with van der Waals surface area (Å²) < 4.78 is 21.8. The van der Waals surface area contributed by atoms with Gasteiger partial charge >= 0.3 is 0 Å². The van der Waals surface area contributed by atoms with Gasteiger partial charge in [0.05, 0.1) is 25.4 Å². The summed E-state index contributed by atoms with van der Waals surface area (Å²) in [6.07, 6.45) is 2.05. The highest BCUT2D eigenvalue weighted by Crippen LogP contribution is 2.32. The van der Waals surface area contributed by atoms with E-state index in [1.807, 2.05) is 25.2 Å². The highest BCUT2D eigenvalue weighted by Gasteiger charge is 2.19. The molecule has 0 aromatic heterocycles. The van der Waals surface area contributed by atoms with Gasteiger partial charge in [-0.1, -0.05) is 6.07 Å². The minimum Gasteiger partial charge on any atom is -0.454 e. The van der Waals surface area contributed by atoms with E-state index in [2.05, 4.69) is 4.90 Å². The van der Waals surface area contributed by atoms with Crippen LogP contribution in [0.4, 0.5) is 0 Å². The molecule has 2 atom stereocenters. The van der Waals surface area contributed by atoms with Crippen LogP contribution in [0, 0.1) is 0 Å². The molecule has 1 fully saturated rings. The summed E-state index contributed by atoms with van der Waals surface area (Å²) in [7, 11) is 2.00. The molecule has 23 heavy (non-hydrogen) atoms. The lowest BCUT2D eigenvalue weighted by atomic mass is 10.2. The average Bonchev–Trinajstić information content (AvgIpc) is 3.17. The van der Waals surface area contributed by atoms with Crippen molar-refractivity contribution >= 4 is 0 Å². The van der Waals surface area contributed by atoms with Gasteiger partial charge in [0, 0.05) is 19.7 Å². The molecule has 128 valence electrons. The van der Waals surface area contributed by atoms with E-state index in [1.165, 1.54) is 0 Å². The first-order valence-corrected chi connectivity index (χ1v) is 8.15. The fourth-order valence-corrected chi connectivity index (χ4v) is 2.97. The Morgan fingerprint density at radius 2 is 2.22 bits per heavy atom. The van der Waals surface area contributed by atoms with E-state index in [9.17, 15) is 5.11 Å². The predicted molar refractivity (Wildman–Crippen MR) is 84.7 cm³/mol. The van der Waals surface area contributed by atoms with Crippen LogP contribution in [0.5, 0.6) is 11.5 Å². The van der Waals surface area contributed by atoms with E-state index < -0.39 is 6.10 Å². The van der Waals surface area contributed by atoms with Crippen molar-refractivity contribution in [2.45, 2.75) is 31.7 Å². The molecule has 1 aromatic carbocycles. The maximum Gasteiger partial charge on any atom is 0.231 e. The second kappa shape index (κ2) is 7.97. The van der Waals surface area contributed by atoms with Crippen LogP contribution in [0.1, 0.15) is 18.4 Å². The van der Waals surface area contributed by atoms with Crippen LogP contribution >= 0.6 is 0 Å². The summed E-state index contributed by atoms with van der Waals surface area (Å²) in [5, 5.41) is 10.1. The summed E-state index contributed by atoms with van der Waals surface area (Å²) >= 11 is 0. The Hall–Kier alpha value is -1.34. The standard InChI is InChI=1S/C17H25NO5/c1-18(9-15-3-2-6-21-15)8-14(19)11-20-10-13-4-5-16-17(7-13)23-12-22-16/h4-5,7,14-15,19H,2-3,6,8-12H2,1H3/t14-,15-/m1/s1. The van der Waals surface area contributed by atoms with Gasteiger partial charge in [-0.05, 0) is 37.6 Å². The Balaban J connectivity index is 1.34. The minimum atomic E-state index is -0.504. The molecule has 3 rings (SSSR count). The monoisotopic (exact) mass is 323 g/mol. The van der Waals surface area contributed by atoms with Gasteiger partial charge in [0.1, 0.15) is 0 Å². The normalized spacial score (nSPS) is 21.1. The number of hydrogen-bond acceptors (Lipinski definition) is 6. The Kier molecular flexibility index (Phi) is 5.72. The van der Waals surface area contributed by atoms with Crippen LogP contribution in [-0.4, -0.2) is 62.4 Å². The highest BCUT2D eigenvalue weighted by molar-refractivity contribution is 5.44. The maximum absolute atomic E-state index is 10.1. The van der Waals surface area contributed by atoms with Crippen molar-refractivity contribution < 1.29 is 24.1 Å². The van der Waals surface area contributed by atoms with Crippen LogP contribution in [0.3, 0.4) is 0 Å². The fraction of sp³-hybridized carbons (Fsp3) is 0.647. The molecule has 0 bridgehead atoms. The molecule has 0 aliphatic carbocycles. The summed E-state index contributed by atoms with van der Waals surface area (Å²) in [4.78, 5) is 2.10. The summed E-state index contributed by atoms with van der Waals surface area (Å²) in [6, 6.07) is 5.74. The van der Waals surface area contributed by atoms with Crippen molar-refractivity contribution in [3.05, 3.63) is 23.8 Å². The van der Waals surface area contributed by atoms with E-state index >= 15 is 0 Å². The van der Waals surface area contributed by atoms with E-state index in [0.717, 1.165) is 43.1 Å². The number of likely N-dealkylation sites (N-methyl/N-ethyl adjacent to an activating group) is 1. The van der Waals surface area contributed by atoms with Gasteiger partial charge < -0.3 is 29.0 Å². The summed E-state index contributed by atoms with van der Waals surface area (Å²) in [5.41, 5.74) is 1.01. The zero-order chi connectivity index (χ0) is 16.1. The van der Waals surface area contributed by atoms with Crippen molar-refractivity contribution in [3.63, 3.8) is 0 Å². The van der Waals surface area contributed by atoms with Crippen molar-refractivity contribution in [1.82, 2.24) is 4.90 Å². The van der Waals surface area contributed by atoms with Gasteiger partial charge in [-0.3, -0.25) is 0 Å². The molecule has 0 amide bonds. The average molecular weight is 323 g/mol. The number of nitrogens with zero attached hydrogens (tertiary/aromatic N) is 1. The van der Waals surface area contributed by atoms with Gasteiger partial charge in [-0.25, -0.2) is 0 Å². The molecule has 1 aromatic rings. The zero-order valence-corrected chi connectivity index (χ0v) is 13.6. The van der Waals surface area contributed by atoms with E-state index in [1.54, 1.807) is 0 Å². The van der Waals surface area contributed by atoms with E-state index in [0.29, 0.717) is 25.9 Å². The molecule has 1 saturated heterocycles. The number of fused-ring (bicyclic) bond motifs is 1. The molecule has 0 spiro atoms. The quantitative estimate of drug-likeness (QED) is 0.780. The Morgan fingerprint density at radius 3 is 3.04 bits per heavy atom. The van der Waals surface area contributed by atoms with Crippen LogP contribution in [0.25, 0.3) is 0 Å². The second-order valence-corrected chi connectivity index (χ2v) is 6.21. The lowest BCUT2D eigenvalue weighted by molar-refractivity contribution is 0.00464. The maximum atomic E-state index is 10.1. The van der Waals surface area contributed by atoms with Crippen molar-refractivity contribution in [2.24, 2.45) is 0 Å². The second-order valence-electron chi connectivity index (χ2n) is 6.21. The third-order valence-electron chi connectivity index (χ3n) is 4.08. The van der Waals surface area contributed by atoms with Crippen LogP contribution in [0.15, 0.2) is 18.2 Å². The molecule has 1 N–H and O–H groups in total. The van der Waals surface area contributed by atoms with Crippen LogP contribution in [0.2, 0.25) is 0 Å². The molecule has 2 aliphatic rings. The fourth-order valence-electron chi connectivity index (χ4n) is 2.97. The number of hydrogen-bond donors (Lipinski definition) is 1. The largest absolute Gasteiger partial charge is 0.454 e. The third-order valence-corrected chi connectivity index (χ3v) is 4.08. The number of aliphatic hydroxyl groups excluding tert-OH is 1. The molecule has 0 saturated carbocycles. The first kappa shape index (κ1) is 16.5. The lowest BCUT2D eigenvalue weighted by Gasteiger charge is -2.23. The first-order valence-electron chi connectivity index (χ1n) is 8.15. The van der Waals surface area contributed by atoms with Gasteiger partial charge in [0.15, 0.2) is 11.5 Å². The van der Waals surface area contributed by atoms with Gasteiger partial charge in [-0.2, -0.15) is 0 Å². The first-order chi connectivity index (χ1) is 11.2. The Morgan fingerprint density at radius 1 is 1.35 bits per heavy atom. The van der Waals surface area contributed by atoms with Crippen molar-refractivity contribution in [1.29, 1.82) is 0 Å². The van der Waals surface area contributed by atoms with Gasteiger partial charge in [-0.15, -0.1) is 0 Å². The summed E-state index contributed by atoms with van der Waals surface area (Å²) in [5.74, 6) is 1.52. The topological polar surface area (TPSA) is 60.4 Å². The number of ether oxygens (including phenoxy) is 4. The SMILES string of the molecule is CN(C[C@@H](O)COCc1ccc2c(c1)OCO2)C[C@H]1CCCO1. The molecule has 6 nitrogen and oxygen atoms in total. The summed E-state index contributed by atoms with van der Waals surface area (Å²) in [6.45, 7) is 3.34.